The maximum atomic E-state index is 11.9. The Morgan fingerprint density at radius 2 is 2.24 bits per heavy atom. The highest BCUT2D eigenvalue weighted by Crippen LogP contribution is 2.08. The molecule has 0 spiro atoms. The second-order valence-corrected chi connectivity index (χ2v) is 6.84. The molecule has 1 fully saturated rings. The van der Waals surface area contributed by atoms with Gasteiger partial charge in [0.05, 0.1) is 5.25 Å². The average Bonchev–Trinajstić information content (AvgIpc) is 2.81. The summed E-state index contributed by atoms with van der Waals surface area (Å²) >= 11 is 0. The zero-order valence-electron chi connectivity index (χ0n) is 11.1. The minimum Gasteiger partial charge on any atom is -0.315 e. The fraction of sp³-hybridized carbons (Fsp3) is 1.00. The highest BCUT2D eigenvalue weighted by atomic mass is 32.2. The summed E-state index contributed by atoms with van der Waals surface area (Å²) in [6, 6.07) is 0.493. The third-order valence-electron chi connectivity index (χ3n) is 3.56. The van der Waals surface area contributed by atoms with Gasteiger partial charge in [0.25, 0.3) is 0 Å². The number of sulfonamides is 1. The van der Waals surface area contributed by atoms with E-state index in [9.17, 15) is 8.42 Å². The molecule has 1 rings (SSSR count). The van der Waals surface area contributed by atoms with Crippen LogP contribution in [0.15, 0.2) is 0 Å². The molecule has 2 N–H and O–H groups in total. The second kappa shape index (κ2) is 6.68. The molecule has 0 saturated carbocycles. The first-order valence-electron chi connectivity index (χ1n) is 6.36. The first kappa shape index (κ1) is 14.9. The van der Waals surface area contributed by atoms with Crippen LogP contribution in [0.5, 0.6) is 0 Å². The number of rotatable bonds is 7. The molecule has 6 heteroatoms. The quantitative estimate of drug-likeness (QED) is 0.679. The van der Waals surface area contributed by atoms with E-state index in [2.05, 4.69) is 28.8 Å². The van der Waals surface area contributed by atoms with E-state index in [1.165, 1.54) is 0 Å². The summed E-state index contributed by atoms with van der Waals surface area (Å²) in [5.74, 6) is 0. The molecule has 2 unspecified atom stereocenters. The van der Waals surface area contributed by atoms with Gasteiger partial charge in [0, 0.05) is 25.7 Å². The van der Waals surface area contributed by atoms with E-state index in [-0.39, 0.29) is 5.25 Å². The van der Waals surface area contributed by atoms with Gasteiger partial charge in [-0.3, -0.25) is 0 Å². The summed E-state index contributed by atoms with van der Waals surface area (Å²) in [5.41, 5.74) is 0. The molecule has 0 radical (unpaired) electrons. The molecule has 102 valence electrons. The van der Waals surface area contributed by atoms with Crippen LogP contribution in [0.4, 0.5) is 0 Å². The van der Waals surface area contributed by atoms with Crippen molar-refractivity contribution >= 4 is 10.0 Å². The summed E-state index contributed by atoms with van der Waals surface area (Å²) in [5, 5.41) is 2.82. The van der Waals surface area contributed by atoms with Gasteiger partial charge in [0.2, 0.25) is 10.0 Å². The number of nitrogens with one attached hydrogen (secondary N) is 2. The molecule has 1 saturated heterocycles. The Kier molecular flexibility index (Phi) is 5.85. The Bertz CT molecular complexity index is 313. The van der Waals surface area contributed by atoms with Crippen LogP contribution < -0.4 is 10.0 Å². The van der Waals surface area contributed by atoms with E-state index in [0.29, 0.717) is 19.1 Å². The van der Waals surface area contributed by atoms with Crippen LogP contribution in [0.25, 0.3) is 0 Å². The third-order valence-corrected chi connectivity index (χ3v) is 5.45. The van der Waals surface area contributed by atoms with Crippen molar-refractivity contribution < 1.29 is 8.42 Å². The minimum absolute atomic E-state index is 0.253. The van der Waals surface area contributed by atoms with E-state index in [1.54, 1.807) is 0 Å². The lowest BCUT2D eigenvalue weighted by molar-refractivity contribution is 0.256. The molecule has 1 aliphatic rings. The monoisotopic (exact) mass is 263 g/mol. The lowest BCUT2D eigenvalue weighted by Crippen LogP contribution is -2.41. The fourth-order valence-electron chi connectivity index (χ4n) is 1.91. The summed E-state index contributed by atoms with van der Waals surface area (Å²) < 4.78 is 26.5. The summed E-state index contributed by atoms with van der Waals surface area (Å²) in [7, 11) is -1.10. The van der Waals surface area contributed by atoms with Crippen LogP contribution in [-0.4, -0.2) is 57.8 Å². The first-order valence-corrected chi connectivity index (χ1v) is 7.91. The molecule has 1 heterocycles. The molecule has 2 atom stereocenters. The molecule has 17 heavy (non-hydrogen) atoms. The second-order valence-electron chi connectivity index (χ2n) is 4.79. The number of hydrogen-bond acceptors (Lipinski definition) is 4. The van der Waals surface area contributed by atoms with E-state index < -0.39 is 10.0 Å². The predicted octanol–water partition coefficient (Wildman–Crippen LogP) is -0.00200. The Morgan fingerprint density at radius 1 is 1.53 bits per heavy atom. The molecule has 0 bridgehead atoms. The Balaban J connectivity index is 2.30. The van der Waals surface area contributed by atoms with Gasteiger partial charge >= 0.3 is 0 Å². The molecule has 0 aromatic carbocycles. The van der Waals surface area contributed by atoms with Crippen molar-refractivity contribution in [3.8, 4) is 0 Å². The Hall–Kier alpha value is -0.170. The van der Waals surface area contributed by atoms with Crippen LogP contribution in [-0.2, 0) is 10.0 Å². The van der Waals surface area contributed by atoms with Crippen molar-refractivity contribution in [2.24, 2.45) is 0 Å². The van der Waals surface area contributed by atoms with Crippen molar-refractivity contribution in [1.29, 1.82) is 0 Å². The molecule has 0 amide bonds. The van der Waals surface area contributed by atoms with Crippen molar-refractivity contribution in [1.82, 2.24) is 14.9 Å². The Labute approximate surface area is 105 Å². The van der Waals surface area contributed by atoms with E-state index in [4.69, 9.17) is 0 Å². The Morgan fingerprint density at radius 3 is 2.76 bits per heavy atom. The van der Waals surface area contributed by atoms with Gasteiger partial charge in [-0.2, -0.15) is 0 Å². The van der Waals surface area contributed by atoms with Gasteiger partial charge in [-0.25, -0.2) is 13.1 Å². The normalized spacial score (nSPS) is 23.2. The van der Waals surface area contributed by atoms with Gasteiger partial charge < -0.3 is 10.2 Å². The standard InChI is InChI=1S/C11H25N3O2S/c1-4-10(2)14(3)8-7-13-17(15,16)11-5-6-12-9-11/h10-13H,4-9H2,1-3H3. The van der Waals surface area contributed by atoms with Crippen LogP contribution in [0.2, 0.25) is 0 Å². The highest BCUT2D eigenvalue weighted by Gasteiger charge is 2.27. The van der Waals surface area contributed by atoms with Crippen molar-refractivity contribution in [3.05, 3.63) is 0 Å². The van der Waals surface area contributed by atoms with Crippen molar-refractivity contribution in [2.45, 2.75) is 38.0 Å². The van der Waals surface area contributed by atoms with Crippen LogP contribution in [0.3, 0.4) is 0 Å². The number of hydrogen-bond donors (Lipinski definition) is 2. The maximum absolute atomic E-state index is 11.9. The van der Waals surface area contributed by atoms with Gasteiger partial charge in [-0.1, -0.05) is 6.92 Å². The summed E-state index contributed by atoms with van der Waals surface area (Å²) in [6.07, 6.45) is 1.80. The van der Waals surface area contributed by atoms with Gasteiger partial charge in [0.1, 0.15) is 0 Å². The molecule has 0 aliphatic carbocycles. The fourth-order valence-corrected chi connectivity index (χ4v) is 3.28. The lowest BCUT2D eigenvalue weighted by atomic mass is 10.2. The van der Waals surface area contributed by atoms with E-state index in [0.717, 1.165) is 25.9 Å². The van der Waals surface area contributed by atoms with Gasteiger partial charge in [-0.05, 0) is 33.4 Å². The molecular formula is C11H25N3O2S. The smallest absolute Gasteiger partial charge is 0.215 e. The van der Waals surface area contributed by atoms with Gasteiger partial charge in [-0.15, -0.1) is 0 Å². The van der Waals surface area contributed by atoms with Crippen LogP contribution in [0.1, 0.15) is 26.7 Å². The third kappa shape index (κ3) is 4.54. The van der Waals surface area contributed by atoms with Crippen molar-refractivity contribution in [2.75, 3.05) is 33.2 Å². The molecular weight excluding hydrogens is 238 g/mol. The zero-order chi connectivity index (χ0) is 12.9. The topological polar surface area (TPSA) is 61.4 Å². The number of likely N-dealkylation sites (N-methyl/N-ethyl adjacent to an activating group) is 1. The minimum atomic E-state index is -3.13. The molecule has 0 aromatic heterocycles. The average molecular weight is 263 g/mol. The van der Waals surface area contributed by atoms with Gasteiger partial charge in [0.15, 0.2) is 0 Å². The highest BCUT2D eigenvalue weighted by molar-refractivity contribution is 7.90. The summed E-state index contributed by atoms with van der Waals surface area (Å²) in [6.45, 7) is 6.92. The number of nitrogens with zero attached hydrogens (tertiary/aromatic N) is 1. The first-order chi connectivity index (χ1) is 7.97. The molecule has 1 aliphatic heterocycles. The SMILES string of the molecule is CCC(C)N(C)CCNS(=O)(=O)C1CCNC1. The van der Waals surface area contributed by atoms with Crippen molar-refractivity contribution in [3.63, 3.8) is 0 Å². The van der Waals surface area contributed by atoms with Crippen LogP contribution >= 0.6 is 0 Å². The summed E-state index contributed by atoms with van der Waals surface area (Å²) in [4.78, 5) is 2.18. The largest absolute Gasteiger partial charge is 0.315 e. The van der Waals surface area contributed by atoms with Crippen LogP contribution in [0, 0.1) is 0 Å². The molecule has 0 aromatic rings. The molecule has 5 nitrogen and oxygen atoms in total. The van der Waals surface area contributed by atoms with E-state index >= 15 is 0 Å². The maximum Gasteiger partial charge on any atom is 0.215 e. The predicted molar refractivity (Wildman–Crippen MR) is 70.6 cm³/mol. The van der Waals surface area contributed by atoms with E-state index in [1.807, 2.05) is 7.05 Å². The zero-order valence-corrected chi connectivity index (χ0v) is 11.9. The lowest BCUT2D eigenvalue weighted by Gasteiger charge is -2.23.